The number of hydrogen-bond donors (Lipinski definition) is 0. The maximum absolute atomic E-state index is 13.5. The molecule has 0 saturated carbocycles. The second kappa shape index (κ2) is 8.60. The molecule has 0 aliphatic carbocycles. The summed E-state index contributed by atoms with van der Waals surface area (Å²) >= 11 is 6.02. The van der Waals surface area contributed by atoms with Crippen LogP contribution < -0.4 is 5.56 Å². The Balaban J connectivity index is 2.21. The summed E-state index contributed by atoms with van der Waals surface area (Å²) < 4.78 is 1.61. The van der Waals surface area contributed by atoms with E-state index in [-0.39, 0.29) is 17.3 Å². The molecule has 0 saturated heterocycles. The summed E-state index contributed by atoms with van der Waals surface area (Å²) in [6.45, 7) is 7.60. The lowest BCUT2D eigenvalue weighted by molar-refractivity contribution is -0.140. The van der Waals surface area contributed by atoms with Crippen LogP contribution in [0.25, 0.3) is 16.6 Å². The third-order valence-electron chi connectivity index (χ3n) is 5.59. The Morgan fingerprint density at radius 2 is 1.80 bits per heavy atom. The molecule has 1 heterocycles. The van der Waals surface area contributed by atoms with Crippen LogP contribution in [0.2, 0.25) is 0 Å². The first kappa shape index (κ1) is 22.0. The molecule has 0 aliphatic heterocycles. The molecular weight excluding hydrogens is 398 g/mol. The molecule has 158 valence electrons. The molecule has 3 rings (SSSR count). The van der Waals surface area contributed by atoms with Crippen molar-refractivity contribution in [2.24, 2.45) is 5.41 Å². The fraction of sp³-hybridized carbons (Fsp3) is 0.375. The monoisotopic (exact) mass is 425 g/mol. The minimum atomic E-state index is -0.713. The van der Waals surface area contributed by atoms with Crippen LogP contribution in [0, 0.1) is 5.41 Å². The van der Waals surface area contributed by atoms with Gasteiger partial charge in [0, 0.05) is 12.9 Å². The van der Waals surface area contributed by atoms with E-state index >= 15 is 0 Å². The fourth-order valence-corrected chi connectivity index (χ4v) is 3.56. The van der Waals surface area contributed by atoms with Gasteiger partial charge in [-0.3, -0.25) is 14.2 Å². The summed E-state index contributed by atoms with van der Waals surface area (Å²) in [6.07, 6.45) is 0.916. The number of amides is 1. The number of aryl methyl sites for hydroxylation is 1. The topological polar surface area (TPSA) is 55.2 Å². The Morgan fingerprint density at radius 1 is 1.17 bits per heavy atom. The standard InChI is InChI=1S/C24H28ClN3O2/c1-6-17-11-13-18(14-12-17)28-21(16(2)27(5)23(30)24(3,4)15-25)26-20-10-8-7-9-19(20)22(28)29/h7-14,16H,6,15H2,1-5H3. The average Bonchev–Trinajstić information content (AvgIpc) is 2.77. The number of benzene rings is 2. The smallest absolute Gasteiger partial charge is 0.266 e. The van der Waals surface area contributed by atoms with Crippen LogP contribution in [-0.4, -0.2) is 33.3 Å². The summed E-state index contributed by atoms with van der Waals surface area (Å²) in [5, 5.41) is 0.545. The summed E-state index contributed by atoms with van der Waals surface area (Å²) in [5.74, 6) is 0.628. The maximum atomic E-state index is 13.5. The molecule has 0 bridgehead atoms. The maximum Gasteiger partial charge on any atom is 0.266 e. The van der Waals surface area contributed by atoms with E-state index < -0.39 is 11.5 Å². The first-order chi connectivity index (χ1) is 14.2. The first-order valence-corrected chi connectivity index (χ1v) is 10.7. The Hall–Kier alpha value is -2.66. The summed E-state index contributed by atoms with van der Waals surface area (Å²) in [6, 6.07) is 14.7. The second-order valence-electron chi connectivity index (χ2n) is 8.26. The molecule has 0 fully saturated rings. The molecule has 1 unspecified atom stereocenters. The lowest BCUT2D eigenvalue weighted by Gasteiger charge is -2.32. The molecule has 0 N–H and O–H groups in total. The van der Waals surface area contributed by atoms with E-state index in [0.717, 1.165) is 12.1 Å². The number of fused-ring (bicyclic) bond motifs is 1. The number of rotatable bonds is 6. The van der Waals surface area contributed by atoms with Gasteiger partial charge in [-0.1, -0.05) is 31.2 Å². The highest BCUT2D eigenvalue weighted by atomic mass is 35.5. The molecule has 0 radical (unpaired) electrons. The molecule has 5 nitrogen and oxygen atoms in total. The van der Waals surface area contributed by atoms with E-state index in [2.05, 4.69) is 6.92 Å². The third-order valence-corrected chi connectivity index (χ3v) is 6.26. The van der Waals surface area contributed by atoms with Crippen molar-refractivity contribution in [1.29, 1.82) is 0 Å². The zero-order valence-electron chi connectivity index (χ0n) is 18.1. The van der Waals surface area contributed by atoms with Crippen LogP contribution in [0.15, 0.2) is 53.3 Å². The molecule has 6 heteroatoms. The van der Waals surface area contributed by atoms with E-state index in [1.165, 1.54) is 5.56 Å². The third kappa shape index (κ3) is 3.99. The van der Waals surface area contributed by atoms with Gasteiger partial charge in [0.2, 0.25) is 5.91 Å². The fourth-order valence-electron chi connectivity index (χ4n) is 3.44. The van der Waals surface area contributed by atoms with E-state index in [9.17, 15) is 9.59 Å². The van der Waals surface area contributed by atoms with Crippen LogP contribution >= 0.6 is 11.6 Å². The molecule has 1 aromatic heterocycles. The molecule has 3 aromatic rings. The Morgan fingerprint density at radius 3 is 2.40 bits per heavy atom. The number of alkyl halides is 1. The molecule has 0 aliphatic rings. The van der Waals surface area contributed by atoms with Gasteiger partial charge in [-0.15, -0.1) is 11.6 Å². The van der Waals surface area contributed by atoms with Crippen molar-refractivity contribution in [2.75, 3.05) is 12.9 Å². The molecule has 30 heavy (non-hydrogen) atoms. The molecular formula is C24H28ClN3O2. The lowest BCUT2D eigenvalue weighted by atomic mass is 9.94. The van der Waals surface area contributed by atoms with Crippen molar-refractivity contribution in [2.45, 2.75) is 40.2 Å². The minimum absolute atomic E-state index is 0.0970. The van der Waals surface area contributed by atoms with Crippen molar-refractivity contribution < 1.29 is 4.79 Å². The van der Waals surface area contributed by atoms with Gasteiger partial charge in [0.15, 0.2) is 0 Å². The van der Waals surface area contributed by atoms with E-state index in [1.807, 2.05) is 63.2 Å². The Labute approximate surface area is 182 Å². The highest BCUT2D eigenvalue weighted by molar-refractivity contribution is 6.19. The van der Waals surface area contributed by atoms with Crippen LogP contribution in [0.3, 0.4) is 0 Å². The van der Waals surface area contributed by atoms with Gasteiger partial charge in [-0.25, -0.2) is 4.98 Å². The zero-order valence-corrected chi connectivity index (χ0v) is 18.9. The predicted molar refractivity (Wildman–Crippen MR) is 122 cm³/mol. The number of nitrogens with zero attached hydrogens (tertiary/aromatic N) is 3. The van der Waals surface area contributed by atoms with E-state index in [0.29, 0.717) is 16.7 Å². The molecule has 2 aromatic carbocycles. The van der Waals surface area contributed by atoms with Crippen molar-refractivity contribution in [1.82, 2.24) is 14.5 Å². The number of aromatic nitrogens is 2. The summed E-state index contributed by atoms with van der Waals surface area (Å²) in [7, 11) is 1.73. The predicted octanol–water partition coefficient (Wildman–Crippen LogP) is 4.73. The SMILES string of the molecule is CCc1ccc(-n2c(C(C)N(C)C(=O)C(C)(C)CCl)nc3ccccc3c2=O)cc1. The molecule has 1 amide bonds. The van der Waals surface area contributed by atoms with Gasteiger partial charge < -0.3 is 4.90 Å². The number of carbonyl (C=O) groups is 1. The quantitative estimate of drug-likeness (QED) is 0.536. The highest BCUT2D eigenvalue weighted by Gasteiger charge is 2.33. The minimum Gasteiger partial charge on any atom is -0.335 e. The van der Waals surface area contributed by atoms with Crippen LogP contribution in [-0.2, 0) is 11.2 Å². The second-order valence-corrected chi connectivity index (χ2v) is 8.52. The zero-order chi connectivity index (χ0) is 22.1. The van der Waals surface area contributed by atoms with Crippen LogP contribution in [0.4, 0.5) is 0 Å². The highest BCUT2D eigenvalue weighted by Crippen LogP contribution is 2.27. The molecule has 0 spiro atoms. The van der Waals surface area contributed by atoms with E-state index in [4.69, 9.17) is 16.6 Å². The van der Waals surface area contributed by atoms with Gasteiger partial charge in [0.05, 0.1) is 28.0 Å². The van der Waals surface area contributed by atoms with Gasteiger partial charge in [-0.2, -0.15) is 0 Å². The van der Waals surface area contributed by atoms with Gasteiger partial charge >= 0.3 is 0 Å². The largest absolute Gasteiger partial charge is 0.335 e. The first-order valence-electron chi connectivity index (χ1n) is 10.2. The van der Waals surface area contributed by atoms with E-state index in [1.54, 1.807) is 22.6 Å². The van der Waals surface area contributed by atoms with Gasteiger partial charge in [0.25, 0.3) is 5.56 Å². The van der Waals surface area contributed by atoms with Crippen LogP contribution in [0.5, 0.6) is 0 Å². The van der Waals surface area contributed by atoms with Gasteiger partial charge in [-0.05, 0) is 57.0 Å². The summed E-state index contributed by atoms with van der Waals surface area (Å²) in [4.78, 5) is 32.9. The van der Waals surface area contributed by atoms with Crippen LogP contribution in [0.1, 0.15) is 45.1 Å². The van der Waals surface area contributed by atoms with Crippen molar-refractivity contribution in [3.63, 3.8) is 0 Å². The lowest BCUT2D eigenvalue weighted by Crippen LogP contribution is -2.42. The Kier molecular flexibility index (Phi) is 6.32. The molecule has 1 atom stereocenters. The normalized spacial score (nSPS) is 12.7. The number of halogens is 1. The average molecular weight is 426 g/mol. The van der Waals surface area contributed by atoms with Crippen molar-refractivity contribution >= 4 is 28.4 Å². The number of hydrogen-bond acceptors (Lipinski definition) is 3. The van der Waals surface area contributed by atoms with Gasteiger partial charge in [0.1, 0.15) is 5.82 Å². The van der Waals surface area contributed by atoms with Crippen molar-refractivity contribution in [3.8, 4) is 5.69 Å². The number of para-hydroxylation sites is 1. The number of carbonyl (C=O) groups excluding carboxylic acids is 1. The summed E-state index contributed by atoms with van der Waals surface area (Å²) in [5.41, 5.74) is 1.67. The Bertz CT molecular complexity index is 1120. The van der Waals surface area contributed by atoms with Crippen molar-refractivity contribution in [3.05, 3.63) is 70.3 Å².